The number of hydrogen-bond donors (Lipinski definition) is 2. The van der Waals surface area contributed by atoms with Crippen molar-refractivity contribution in [2.24, 2.45) is 5.73 Å². The fourth-order valence-electron chi connectivity index (χ4n) is 1.37. The topological polar surface area (TPSA) is 104 Å². The molecule has 0 unspecified atom stereocenters. The molecule has 98 valence electrons. The van der Waals surface area contributed by atoms with Gasteiger partial charge in [0.2, 0.25) is 5.88 Å². The summed E-state index contributed by atoms with van der Waals surface area (Å²) in [6.45, 7) is 0. The minimum absolute atomic E-state index is 0.0120. The Morgan fingerprint density at radius 2 is 2.11 bits per heavy atom. The van der Waals surface area contributed by atoms with Gasteiger partial charge in [-0.25, -0.2) is 9.37 Å². The molecular weight excluding hydrogens is 275 g/mol. The molecule has 2 aromatic rings. The molecule has 0 saturated carbocycles. The number of anilines is 1. The molecule has 2 rings (SSSR count). The SMILES string of the molecule is NC(=O)c1c(F)cccc1Oc1ncnc(Cl)c1N. The third-order valence-corrected chi connectivity index (χ3v) is 2.53. The lowest BCUT2D eigenvalue weighted by Gasteiger charge is -2.10. The quantitative estimate of drug-likeness (QED) is 0.835. The van der Waals surface area contributed by atoms with E-state index in [1.807, 2.05) is 0 Å². The van der Waals surface area contributed by atoms with Crippen molar-refractivity contribution in [2.45, 2.75) is 0 Å². The molecule has 0 saturated heterocycles. The molecule has 1 heterocycles. The zero-order valence-corrected chi connectivity index (χ0v) is 10.2. The Hall–Kier alpha value is -2.41. The fourth-order valence-corrected chi connectivity index (χ4v) is 1.50. The zero-order valence-electron chi connectivity index (χ0n) is 9.43. The molecule has 19 heavy (non-hydrogen) atoms. The second-order valence-corrected chi connectivity index (χ2v) is 3.82. The van der Waals surface area contributed by atoms with Gasteiger partial charge in [0.25, 0.3) is 5.91 Å². The molecule has 0 bridgehead atoms. The van der Waals surface area contributed by atoms with Gasteiger partial charge in [0, 0.05) is 0 Å². The summed E-state index contributed by atoms with van der Waals surface area (Å²) in [5.74, 6) is -1.96. The summed E-state index contributed by atoms with van der Waals surface area (Å²) in [5, 5.41) is -0.0120. The Labute approximate surface area is 112 Å². The third-order valence-electron chi connectivity index (χ3n) is 2.23. The monoisotopic (exact) mass is 282 g/mol. The van der Waals surface area contributed by atoms with E-state index in [0.717, 1.165) is 12.4 Å². The third kappa shape index (κ3) is 2.55. The van der Waals surface area contributed by atoms with Crippen molar-refractivity contribution >= 4 is 23.2 Å². The van der Waals surface area contributed by atoms with Gasteiger partial charge in [0.1, 0.15) is 29.1 Å². The number of carbonyl (C=O) groups excluding carboxylic acids is 1. The second-order valence-electron chi connectivity index (χ2n) is 3.46. The number of ether oxygens (including phenoxy) is 1. The lowest BCUT2D eigenvalue weighted by atomic mass is 10.2. The molecule has 6 nitrogen and oxygen atoms in total. The van der Waals surface area contributed by atoms with Gasteiger partial charge in [-0.1, -0.05) is 17.7 Å². The van der Waals surface area contributed by atoms with Crippen LogP contribution in [0.25, 0.3) is 0 Å². The smallest absolute Gasteiger partial charge is 0.255 e. The molecule has 1 aromatic carbocycles. The Kier molecular flexibility index (Phi) is 3.48. The molecule has 0 aliphatic carbocycles. The maximum absolute atomic E-state index is 13.5. The van der Waals surface area contributed by atoms with Crippen LogP contribution in [-0.4, -0.2) is 15.9 Å². The van der Waals surface area contributed by atoms with Crippen LogP contribution in [0.4, 0.5) is 10.1 Å². The van der Waals surface area contributed by atoms with Crippen LogP contribution in [0, 0.1) is 5.82 Å². The predicted octanol–water partition coefficient (Wildman–Crippen LogP) is 1.74. The minimum Gasteiger partial charge on any atom is -0.436 e. The number of nitrogens with two attached hydrogens (primary N) is 2. The van der Waals surface area contributed by atoms with Crippen molar-refractivity contribution in [3.05, 3.63) is 41.1 Å². The van der Waals surface area contributed by atoms with Crippen LogP contribution in [0.2, 0.25) is 5.15 Å². The van der Waals surface area contributed by atoms with Crippen molar-refractivity contribution in [1.29, 1.82) is 0 Å². The number of amides is 1. The molecule has 0 aliphatic heterocycles. The molecule has 0 aliphatic rings. The fraction of sp³-hybridized carbons (Fsp3) is 0. The van der Waals surface area contributed by atoms with E-state index < -0.39 is 17.3 Å². The molecule has 1 aromatic heterocycles. The van der Waals surface area contributed by atoms with Gasteiger partial charge in [-0.2, -0.15) is 4.98 Å². The van der Waals surface area contributed by atoms with E-state index in [4.69, 9.17) is 27.8 Å². The maximum atomic E-state index is 13.5. The molecule has 0 atom stereocenters. The molecule has 0 fully saturated rings. The summed E-state index contributed by atoms with van der Waals surface area (Å²) in [6, 6.07) is 3.80. The lowest BCUT2D eigenvalue weighted by Crippen LogP contribution is -2.14. The second kappa shape index (κ2) is 5.07. The first-order valence-corrected chi connectivity index (χ1v) is 5.40. The van der Waals surface area contributed by atoms with E-state index >= 15 is 0 Å². The summed E-state index contributed by atoms with van der Waals surface area (Å²) in [5.41, 5.74) is 10.3. The first-order chi connectivity index (χ1) is 9.00. The van der Waals surface area contributed by atoms with Crippen molar-refractivity contribution in [2.75, 3.05) is 5.73 Å². The molecule has 0 radical (unpaired) electrons. The Balaban J connectivity index is 2.47. The number of rotatable bonds is 3. The largest absolute Gasteiger partial charge is 0.436 e. The number of benzene rings is 1. The number of primary amides is 1. The first kappa shape index (κ1) is 13.0. The van der Waals surface area contributed by atoms with Gasteiger partial charge in [0.15, 0.2) is 5.15 Å². The van der Waals surface area contributed by atoms with Crippen LogP contribution in [0.3, 0.4) is 0 Å². The Bertz CT molecular complexity index is 651. The molecular formula is C11H8ClFN4O2. The van der Waals surface area contributed by atoms with Gasteiger partial charge in [-0.15, -0.1) is 0 Å². The zero-order chi connectivity index (χ0) is 14.0. The van der Waals surface area contributed by atoms with Crippen LogP contribution in [0.5, 0.6) is 11.6 Å². The minimum atomic E-state index is -0.966. The van der Waals surface area contributed by atoms with Crippen molar-refractivity contribution in [3.8, 4) is 11.6 Å². The first-order valence-electron chi connectivity index (χ1n) is 5.03. The average molecular weight is 283 g/mol. The van der Waals surface area contributed by atoms with Crippen LogP contribution in [0.1, 0.15) is 10.4 Å². The summed E-state index contributed by atoms with van der Waals surface area (Å²) >= 11 is 5.69. The number of nitrogen functional groups attached to an aromatic ring is 1. The van der Waals surface area contributed by atoms with Crippen LogP contribution < -0.4 is 16.2 Å². The van der Waals surface area contributed by atoms with E-state index in [-0.39, 0.29) is 22.5 Å². The van der Waals surface area contributed by atoms with Crippen LogP contribution in [-0.2, 0) is 0 Å². The normalized spacial score (nSPS) is 10.2. The van der Waals surface area contributed by atoms with E-state index in [1.165, 1.54) is 12.1 Å². The summed E-state index contributed by atoms with van der Waals surface area (Å²) < 4.78 is 18.8. The molecule has 0 spiro atoms. The highest BCUT2D eigenvalue weighted by molar-refractivity contribution is 6.32. The summed E-state index contributed by atoms with van der Waals surface area (Å²) in [4.78, 5) is 18.6. The Morgan fingerprint density at radius 3 is 2.79 bits per heavy atom. The standard InChI is InChI=1S/C11H8ClFN4O2/c12-9-8(14)11(17-4-16-9)19-6-3-1-2-5(13)7(6)10(15)18/h1-4H,14H2,(H2,15,18). The van der Waals surface area contributed by atoms with Gasteiger partial charge >= 0.3 is 0 Å². The van der Waals surface area contributed by atoms with Crippen molar-refractivity contribution in [3.63, 3.8) is 0 Å². The number of nitrogens with zero attached hydrogens (tertiary/aromatic N) is 2. The lowest BCUT2D eigenvalue weighted by molar-refractivity contribution is 0.0994. The number of halogens is 2. The van der Waals surface area contributed by atoms with E-state index in [1.54, 1.807) is 0 Å². The predicted molar refractivity (Wildman–Crippen MR) is 66.4 cm³/mol. The van der Waals surface area contributed by atoms with Gasteiger partial charge in [-0.3, -0.25) is 4.79 Å². The van der Waals surface area contributed by atoms with Gasteiger partial charge in [0.05, 0.1) is 0 Å². The van der Waals surface area contributed by atoms with E-state index in [9.17, 15) is 9.18 Å². The van der Waals surface area contributed by atoms with Gasteiger partial charge in [-0.05, 0) is 12.1 Å². The highest BCUT2D eigenvalue weighted by atomic mass is 35.5. The molecule has 4 N–H and O–H groups in total. The number of carbonyl (C=O) groups is 1. The van der Waals surface area contributed by atoms with Crippen LogP contribution >= 0.6 is 11.6 Å². The Morgan fingerprint density at radius 1 is 1.37 bits per heavy atom. The van der Waals surface area contributed by atoms with E-state index in [2.05, 4.69) is 9.97 Å². The van der Waals surface area contributed by atoms with Crippen LogP contribution in [0.15, 0.2) is 24.5 Å². The summed E-state index contributed by atoms with van der Waals surface area (Å²) in [6.07, 6.45) is 1.12. The van der Waals surface area contributed by atoms with E-state index in [0.29, 0.717) is 0 Å². The number of hydrogen-bond acceptors (Lipinski definition) is 5. The number of aromatic nitrogens is 2. The maximum Gasteiger partial charge on any atom is 0.255 e. The average Bonchev–Trinajstić information content (AvgIpc) is 2.34. The summed E-state index contributed by atoms with van der Waals surface area (Å²) in [7, 11) is 0. The molecule has 1 amide bonds. The van der Waals surface area contributed by atoms with Crippen molar-refractivity contribution < 1.29 is 13.9 Å². The highest BCUT2D eigenvalue weighted by Crippen LogP contribution is 2.31. The molecule has 8 heteroatoms. The highest BCUT2D eigenvalue weighted by Gasteiger charge is 2.17. The van der Waals surface area contributed by atoms with Gasteiger partial charge < -0.3 is 16.2 Å². The van der Waals surface area contributed by atoms with Crippen molar-refractivity contribution in [1.82, 2.24) is 9.97 Å².